The number of hydrogen-bond donors (Lipinski definition) is 2. The second-order valence-electron chi connectivity index (χ2n) is 16.6. The molecule has 16 heteroatoms. The average molecular weight is 808 g/mol. The SMILES string of the molecule is CC1(C)CC(C(=O)Nc2ccc(N3CCC(CN4CCN(c5ccc6c(c5)C(=O)N(C5CCC(=O)NC5=O)C6=O)CC4)CC3)nn2)CC1Oc1ccc(C#N)c(Cl)c1. The molecule has 5 aliphatic rings. The fourth-order valence-electron chi connectivity index (χ4n) is 9.00. The fourth-order valence-corrected chi connectivity index (χ4v) is 9.21. The molecule has 2 N–H and O–H groups in total. The Bertz CT molecular complexity index is 2180. The predicted octanol–water partition coefficient (Wildman–Crippen LogP) is 4.26. The number of imide groups is 2. The molecule has 0 spiro atoms. The van der Waals surface area contributed by atoms with E-state index in [1.165, 1.54) is 0 Å². The van der Waals surface area contributed by atoms with E-state index in [0.717, 1.165) is 75.1 Å². The van der Waals surface area contributed by atoms with Crippen LogP contribution in [0.4, 0.5) is 17.3 Å². The molecule has 4 aliphatic heterocycles. The van der Waals surface area contributed by atoms with Crippen LogP contribution in [-0.2, 0) is 14.4 Å². The van der Waals surface area contributed by atoms with Crippen LogP contribution in [0.2, 0.25) is 5.02 Å². The van der Waals surface area contributed by atoms with Gasteiger partial charge >= 0.3 is 0 Å². The second kappa shape index (κ2) is 16.0. The summed E-state index contributed by atoms with van der Waals surface area (Å²) in [6.07, 6.45) is 3.27. The minimum Gasteiger partial charge on any atom is -0.490 e. The Labute approximate surface area is 341 Å². The van der Waals surface area contributed by atoms with Gasteiger partial charge in [0.2, 0.25) is 17.7 Å². The number of carbonyl (C=O) groups is 5. The largest absolute Gasteiger partial charge is 0.490 e. The first-order valence-electron chi connectivity index (χ1n) is 20.0. The number of benzene rings is 2. The molecule has 1 aliphatic carbocycles. The number of carbonyl (C=O) groups excluding carboxylic acids is 5. The molecule has 8 rings (SSSR count). The summed E-state index contributed by atoms with van der Waals surface area (Å²) >= 11 is 6.21. The van der Waals surface area contributed by atoms with Crippen LogP contribution >= 0.6 is 11.6 Å². The Hall–Kier alpha value is -5.59. The molecule has 58 heavy (non-hydrogen) atoms. The van der Waals surface area contributed by atoms with Gasteiger partial charge < -0.3 is 19.9 Å². The zero-order valence-corrected chi connectivity index (χ0v) is 33.3. The van der Waals surface area contributed by atoms with E-state index in [1.807, 2.05) is 18.2 Å². The van der Waals surface area contributed by atoms with Crippen molar-refractivity contribution >= 4 is 58.5 Å². The highest BCUT2D eigenvalue weighted by atomic mass is 35.5. The number of nitrogens with zero attached hydrogens (tertiary/aromatic N) is 7. The Morgan fingerprint density at radius 2 is 1.69 bits per heavy atom. The van der Waals surface area contributed by atoms with Crippen LogP contribution in [0.5, 0.6) is 5.75 Å². The summed E-state index contributed by atoms with van der Waals surface area (Å²) in [5.74, 6) is -0.0403. The number of ether oxygens (including phenoxy) is 1. The number of anilines is 3. The summed E-state index contributed by atoms with van der Waals surface area (Å²) in [6.45, 7) is 10.2. The molecule has 3 atom stereocenters. The van der Waals surface area contributed by atoms with Gasteiger partial charge in [0.25, 0.3) is 11.8 Å². The van der Waals surface area contributed by atoms with Crippen LogP contribution in [0.1, 0.15) is 78.7 Å². The third-order valence-corrected chi connectivity index (χ3v) is 12.7. The Kier molecular flexibility index (Phi) is 10.8. The van der Waals surface area contributed by atoms with Crippen LogP contribution in [0.25, 0.3) is 0 Å². The van der Waals surface area contributed by atoms with Crippen LogP contribution < -0.4 is 25.2 Å². The summed E-state index contributed by atoms with van der Waals surface area (Å²) in [7, 11) is 0. The topological polar surface area (TPSA) is 181 Å². The molecule has 1 aromatic heterocycles. The molecule has 0 bridgehead atoms. The Morgan fingerprint density at radius 3 is 2.38 bits per heavy atom. The van der Waals surface area contributed by atoms with Crippen molar-refractivity contribution in [2.75, 3.05) is 60.9 Å². The molecule has 3 unspecified atom stereocenters. The van der Waals surface area contributed by atoms with E-state index in [1.54, 1.807) is 30.3 Å². The molecule has 2 aromatic carbocycles. The molecule has 302 valence electrons. The van der Waals surface area contributed by atoms with Crippen molar-refractivity contribution in [3.63, 3.8) is 0 Å². The molecular weight excluding hydrogens is 762 g/mol. The average Bonchev–Trinajstić information content (AvgIpc) is 3.65. The van der Waals surface area contributed by atoms with Crippen molar-refractivity contribution in [3.8, 4) is 11.8 Å². The number of nitriles is 1. The van der Waals surface area contributed by atoms with Gasteiger partial charge in [-0.05, 0) is 80.5 Å². The van der Waals surface area contributed by atoms with Gasteiger partial charge in [0, 0.05) is 75.3 Å². The number of fused-ring (bicyclic) bond motifs is 1. The van der Waals surface area contributed by atoms with Gasteiger partial charge in [-0.2, -0.15) is 5.26 Å². The van der Waals surface area contributed by atoms with Crippen molar-refractivity contribution in [3.05, 3.63) is 70.2 Å². The van der Waals surface area contributed by atoms with Crippen LogP contribution in [0.3, 0.4) is 0 Å². The summed E-state index contributed by atoms with van der Waals surface area (Å²) in [4.78, 5) is 71.7. The summed E-state index contributed by atoms with van der Waals surface area (Å²) in [6, 6.07) is 15.1. The van der Waals surface area contributed by atoms with Gasteiger partial charge in [0.05, 0.1) is 21.7 Å². The van der Waals surface area contributed by atoms with Crippen LogP contribution in [0, 0.1) is 28.6 Å². The number of piperidine rings is 2. The van der Waals surface area contributed by atoms with Crippen molar-refractivity contribution in [2.24, 2.45) is 17.3 Å². The first kappa shape index (κ1) is 39.2. The highest BCUT2D eigenvalue weighted by molar-refractivity contribution is 6.31. The third-order valence-electron chi connectivity index (χ3n) is 12.4. The molecule has 0 radical (unpaired) electrons. The predicted molar refractivity (Wildman–Crippen MR) is 214 cm³/mol. The highest BCUT2D eigenvalue weighted by Crippen LogP contribution is 2.44. The van der Waals surface area contributed by atoms with E-state index in [9.17, 15) is 24.0 Å². The number of aromatic nitrogens is 2. The highest BCUT2D eigenvalue weighted by Gasteiger charge is 2.46. The fraction of sp³-hybridized carbons (Fsp3) is 0.476. The molecule has 15 nitrogen and oxygen atoms in total. The van der Waals surface area contributed by atoms with E-state index in [2.05, 4.69) is 55.4 Å². The maximum absolute atomic E-state index is 13.3. The van der Waals surface area contributed by atoms with Crippen LogP contribution in [-0.4, -0.2) is 107 Å². The minimum absolute atomic E-state index is 0.0868. The lowest BCUT2D eigenvalue weighted by atomic mass is 9.88. The normalized spacial score (nSPS) is 23.8. The third kappa shape index (κ3) is 7.95. The van der Waals surface area contributed by atoms with E-state index in [0.29, 0.717) is 46.5 Å². The lowest BCUT2D eigenvalue weighted by Gasteiger charge is -2.39. The number of halogens is 1. The first-order chi connectivity index (χ1) is 27.9. The lowest BCUT2D eigenvalue weighted by Crippen LogP contribution is -2.54. The van der Waals surface area contributed by atoms with Crippen LogP contribution in [0.15, 0.2) is 48.5 Å². The quantitative estimate of drug-likeness (QED) is 0.294. The lowest BCUT2D eigenvalue weighted by molar-refractivity contribution is -0.136. The van der Waals surface area contributed by atoms with Crippen molar-refractivity contribution in [1.82, 2.24) is 25.3 Å². The standard InChI is InChI=1S/C42H46ClN9O6/c1-42(2)22-27(19-34(42)58-29-5-3-26(23-44)32(43)21-29)38(54)45-35-8-9-36(48-47-35)51-13-11-25(12-14-51)24-49-15-17-50(18-16-49)28-4-6-30-31(20-28)41(57)52(40(30)56)33-7-10-37(53)46-39(33)55/h3-6,8-9,20-21,25,27,33-34H,7,10-19,22,24H2,1-2H3,(H,45,47,54)(H,46,53,55). The molecule has 4 fully saturated rings. The van der Waals surface area contributed by atoms with Gasteiger partial charge in [0.15, 0.2) is 11.6 Å². The Balaban J connectivity index is 0.775. The van der Waals surface area contributed by atoms with E-state index in [4.69, 9.17) is 21.6 Å². The van der Waals surface area contributed by atoms with Gasteiger partial charge in [-0.1, -0.05) is 25.4 Å². The maximum atomic E-state index is 13.3. The number of hydrogen-bond acceptors (Lipinski definition) is 12. The van der Waals surface area contributed by atoms with Gasteiger partial charge in [-0.15, -0.1) is 10.2 Å². The van der Waals surface area contributed by atoms with E-state index >= 15 is 0 Å². The summed E-state index contributed by atoms with van der Waals surface area (Å²) in [5.41, 5.74) is 1.59. The van der Waals surface area contributed by atoms with Gasteiger partial charge in [-0.3, -0.25) is 39.1 Å². The molecule has 3 aromatic rings. The molecule has 5 amide bonds. The summed E-state index contributed by atoms with van der Waals surface area (Å²) < 4.78 is 6.25. The number of nitrogens with one attached hydrogen (secondary N) is 2. The van der Waals surface area contributed by atoms with Crippen molar-refractivity contribution < 1.29 is 28.7 Å². The minimum atomic E-state index is -0.979. The first-order valence-corrected chi connectivity index (χ1v) is 20.3. The maximum Gasteiger partial charge on any atom is 0.262 e. The smallest absolute Gasteiger partial charge is 0.262 e. The number of rotatable bonds is 9. The molecule has 1 saturated carbocycles. The molecular formula is C42H46ClN9O6. The zero-order valence-electron chi connectivity index (χ0n) is 32.6. The van der Waals surface area contributed by atoms with E-state index in [-0.39, 0.29) is 41.7 Å². The summed E-state index contributed by atoms with van der Waals surface area (Å²) in [5, 5.41) is 23.5. The Morgan fingerprint density at radius 1 is 0.931 bits per heavy atom. The molecule has 3 saturated heterocycles. The van der Waals surface area contributed by atoms with E-state index < -0.39 is 29.7 Å². The van der Waals surface area contributed by atoms with Crippen molar-refractivity contribution in [1.29, 1.82) is 5.26 Å². The number of piperazine rings is 1. The van der Waals surface area contributed by atoms with Gasteiger partial charge in [0.1, 0.15) is 24.0 Å². The monoisotopic (exact) mass is 807 g/mol. The second-order valence-corrected chi connectivity index (χ2v) is 17.1. The zero-order chi connectivity index (χ0) is 40.7. The molecule has 5 heterocycles. The van der Waals surface area contributed by atoms with Gasteiger partial charge in [-0.25, -0.2) is 0 Å². The number of amides is 5. The van der Waals surface area contributed by atoms with Crippen molar-refractivity contribution in [2.45, 2.75) is 64.5 Å².